The minimum Gasteiger partial charge on any atom is -0.397 e. The summed E-state index contributed by atoms with van der Waals surface area (Å²) >= 11 is 0. The highest BCUT2D eigenvalue weighted by molar-refractivity contribution is 6.44. The van der Waals surface area contributed by atoms with Crippen LogP contribution in [0, 0.1) is 0 Å². The maximum atomic E-state index is 5.94. The van der Waals surface area contributed by atoms with Gasteiger partial charge in [-0.1, -0.05) is 13.8 Å². The minimum absolute atomic E-state index is 0.674. The van der Waals surface area contributed by atoms with Crippen molar-refractivity contribution in [2.24, 2.45) is 11.5 Å². The van der Waals surface area contributed by atoms with Gasteiger partial charge in [-0.05, 0) is 25.3 Å². The third kappa shape index (κ3) is 17.3. The van der Waals surface area contributed by atoms with Crippen LogP contribution in [0.5, 0.6) is 0 Å². The summed E-state index contributed by atoms with van der Waals surface area (Å²) in [4.78, 5) is 0. The zero-order valence-electron chi connectivity index (χ0n) is 17.1. The first-order chi connectivity index (χ1) is 12.8. The maximum Gasteiger partial charge on any atom is 0.321 e. The fourth-order valence-electron chi connectivity index (χ4n) is 2.40. The van der Waals surface area contributed by atoms with Gasteiger partial charge in [-0.15, -0.1) is 0 Å². The van der Waals surface area contributed by atoms with Crippen molar-refractivity contribution < 1.29 is 8.85 Å². The molecule has 0 aromatic carbocycles. The van der Waals surface area contributed by atoms with E-state index >= 15 is 0 Å². The molecule has 0 aromatic heterocycles. The van der Waals surface area contributed by atoms with Crippen LogP contribution in [-0.4, -0.2) is 86.4 Å². The van der Waals surface area contributed by atoms with Gasteiger partial charge in [0, 0.05) is 72.1 Å². The Morgan fingerprint density at radius 2 is 1.42 bits per heavy atom. The van der Waals surface area contributed by atoms with Crippen LogP contribution >= 0.6 is 0 Å². The van der Waals surface area contributed by atoms with Crippen LogP contribution in [0.15, 0.2) is 0 Å². The van der Waals surface area contributed by atoms with Gasteiger partial charge in [0.1, 0.15) is 0 Å². The lowest BCUT2D eigenvalue weighted by Crippen LogP contribution is -2.46. The quantitative estimate of drug-likeness (QED) is 0.0996. The number of hydrogen-bond acceptors (Lipinski definition) is 8. The molecule has 0 aliphatic heterocycles. The predicted octanol–water partition coefficient (Wildman–Crippen LogP) is -0.647. The lowest BCUT2D eigenvalue weighted by Gasteiger charge is -2.24. The van der Waals surface area contributed by atoms with Crippen LogP contribution in [0.2, 0.25) is 6.04 Å². The van der Waals surface area contributed by atoms with Gasteiger partial charge >= 0.3 is 9.28 Å². The van der Waals surface area contributed by atoms with Crippen LogP contribution < -0.4 is 27.5 Å². The topological polar surface area (TPSA) is 110 Å². The Morgan fingerprint density at radius 1 is 0.808 bits per heavy atom. The summed E-state index contributed by atoms with van der Waals surface area (Å²) in [6.45, 7) is 13.7. The van der Waals surface area contributed by atoms with E-state index in [1.165, 1.54) is 0 Å². The van der Waals surface area contributed by atoms with Crippen molar-refractivity contribution in [3.63, 3.8) is 0 Å². The summed E-state index contributed by atoms with van der Waals surface area (Å²) in [5, 5.41) is 8.95. The molecule has 7 N–H and O–H groups in total. The molecule has 0 spiro atoms. The third-order valence-corrected chi connectivity index (χ3v) is 5.82. The number of hydrogen-bond donors (Lipinski definition) is 5. The zero-order valence-corrected chi connectivity index (χ0v) is 18.3. The smallest absolute Gasteiger partial charge is 0.321 e. The Kier molecular flexibility index (Phi) is 21.1. The van der Waals surface area contributed by atoms with Gasteiger partial charge in [0.15, 0.2) is 0 Å². The van der Waals surface area contributed by atoms with E-state index in [2.05, 4.69) is 34.9 Å². The molecular formula is C17H44N6O2Si. The van der Waals surface area contributed by atoms with Gasteiger partial charge in [0.25, 0.3) is 0 Å². The molecule has 0 aliphatic rings. The second kappa shape index (κ2) is 21.2. The largest absolute Gasteiger partial charge is 0.397 e. The molecule has 0 aromatic rings. The predicted molar refractivity (Wildman–Crippen MR) is 112 cm³/mol. The monoisotopic (exact) mass is 392 g/mol. The van der Waals surface area contributed by atoms with E-state index in [-0.39, 0.29) is 0 Å². The van der Waals surface area contributed by atoms with E-state index in [0.29, 0.717) is 13.1 Å². The average Bonchev–Trinajstić information content (AvgIpc) is 2.66. The molecule has 0 bridgehead atoms. The summed E-state index contributed by atoms with van der Waals surface area (Å²) in [5.41, 5.74) is 14.5. The summed E-state index contributed by atoms with van der Waals surface area (Å²) in [7, 11) is -1.52. The number of rotatable bonds is 21. The van der Waals surface area contributed by atoms with Gasteiger partial charge in [-0.2, -0.15) is 0 Å². The van der Waals surface area contributed by atoms with Crippen molar-refractivity contribution in [3.05, 3.63) is 0 Å². The Bertz CT molecular complexity index is 272. The normalized spacial score (nSPS) is 11.8. The highest BCUT2D eigenvalue weighted by Crippen LogP contribution is 2.04. The molecule has 0 aliphatic carbocycles. The number of nitrogens with zero attached hydrogens (tertiary/aromatic N) is 1. The molecule has 0 fully saturated rings. The fraction of sp³-hybridized carbons (Fsp3) is 1.00. The van der Waals surface area contributed by atoms with Crippen LogP contribution in [0.25, 0.3) is 0 Å². The average molecular weight is 393 g/mol. The first kappa shape index (κ1) is 25.9. The van der Waals surface area contributed by atoms with E-state index in [1.54, 1.807) is 0 Å². The van der Waals surface area contributed by atoms with Crippen LogP contribution in [0.1, 0.15) is 33.1 Å². The molecule has 0 unspecified atom stereocenters. The Labute approximate surface area is 162 Å². The zero-order chi connectivity index (χ0) is 19.3. The fourth-order valence-corrected chi connectivity index (χ4v) is 4.35. The molecule has 0 atom stereocenters. The van der Waals surface area contributed by atoms with Crippen molar-refractivity contribution in [1.82, 2.24) is 21.1 Å². The summed E-state index contributed by atoms with van der Waals surface area (Å²) in [6, 6.07) is 1.06. The molecule has 9 heteroatoms. The van der Waals surface area contributed by atoms with Crippen molar-refractivity contribution in [3.8, 4) is 0 Å². The SMILES string of the molecule is CCCO[SiH](CCCN(CCNCCN)NCCNCCN)OCCC. The van der Waals surface area contributed by atoms with Crippen molar-refractivity contribution in [2.75, 3.05) is 72.1 Å². The Hall–Kier alpha value is -0.103. The second-order valence-corrected chi connectivity index (χ2v) is 8.39. The summed E-state index contributed by atoms with van der Waals surface area (Å²) < 4.78 is 11.9. The van der Waals surface area contributed by atoms with Gasteiger partial charge in [-0.3, -0.25) is 5.43 Å². The molecule has 0 saturated heterocycles. The lowest BCUT2D eigenvalue weighted by atomic mass is 10.4. The molecule has 0 saturated carbocycles. The highest BCUT2D eigenvalue weighted by atomic mass is 28.3. The number of nitrogens with two attached hydrogens (primary N) is 2. The Balaban J connectivity index is 4.12. The van der Waals surface area contributed by atoms with E-state index in [0.717, 1.165) is 84.3 Å². The molecule has 0 rings (SSSR count). The van der Waals surface area contributed by atoms with Gasteiger partial charge < -0.3 is 31.0 Å². The third-order valence-electron chi connectivity index (χ3n) is 3.72. The molecule has 8 nitrogen and oxygen atoms in total. The molecule has 0 amide bonds. The van der Waals surface area contributed by atoms with Crippen molar-refractivity contribution in [2.45, 2.75) is 39.2 Å². The van der Waals surface area contributed by atoms with Crippen molar-refractivity contribution >= 4 is 9.28 Å². The van der Waals surface area contributed by atoms with Gasteiger partial charge in [0.05, 0.1) is 0 Å². The lowest BCUT2D eigenvalue weighted by molar-refractivity contribution is 0.177. The van der Waals surface area contributed by atoms with E-state index in [1.807, 2.05) is 0 Å². The standard InChI is InChI=1S/C17H44N6O2Si/c1-3-15-24-26(25-16-4-2)17-5-13-23(14-12-21-9-7-19)22-11-10-20-8-6-18/h20-22,26H,3-19H2,1-2H3. The summed E-state index contributed by atoms with van der Waals surface area (Å²) in [5.74, 6) is 0. The van der Waals surface area contributed by atoms with E-state index < -0.39 is 9.28 Å². The Morgan fingerprint density at radius 3 is 2.00 bits per heavy atom. The van der Waals surface area contributed by atoms with Crippen LogP contribution in [-0.2, 0) is 8.85 Å². The van der Waals surface area contributed by atoms with Crippen LogP contribution in [0.4, 0.5) is 0 Å². The van der Waals surface area contributed by atoms with Gasteiger partial charge in [-0.25, -0.2) is 5.01 Å². The first-order valence-corrected chi connectivity index (χ1v) is 12.1. The number of nitrogens with one attached hydrogen (secondary N) is 3. The molecule has 0 heterocycles. The maximum absolute atomic E-state index is 5.94. The van der Waals surface area contributed by atoms with E-state index in [9.17, 15) is 0 Å². The van der Waals surface area contributed by atoms with Crippen LogP contribution in [0.3, 0.4) is 0 Å². The van der Waals surface area contributed by atoms with Crippen molar-refractivity contribution in [1.29, 1.82) is 0 Å². The van der Waals surface area contributed by atoms with E-state index in [4.69, 9.17) is 20.3 Å². The summed E-state index contributed by atoms with van der Waals surface area (Å²) in [6.07, 6.45) is 3.19. The minimum atomic E-state index is -1.52. The molecule has 158 valence electrons. The highest BCUT2D eigenvalue weighted by Gasteiger charge is 2.14. The molecule has 0 radical (unpaired) electrons. The first-order valence-electron chi connectivity index (χ1n) is 10.3. The van der Waals surface area contributed by atoms with Gasteiger partial charge in [0.2, 0.25) is 0 Å². The molecular weight excluding hydrogens is 348 g/mol. The second-order valence-electron chi connectivity index (χ2n) is 6.29. The molecule has 26 heavy (non-hydrogen) atoms. The number of hydrazine groups is 1.